The van der Waals surface area contributed by atoms with Crippen LogP contribution in [-0.4, -0.2) is 40.3 Å². The van der Waals surface area contributed by atoms with Crippen LogP contribution in [-0.2, 0) is 12.8 Å². The lowest BCUT2D eigenvalue weighted by atomic mass is 10.1. The van der Waals surface area contributed by atoms with Crippen LogP contribution < -0.4 is 20.1 Å². The molecule has 0 saturated heterocycles. The molecule has 2 aromatic rings. The minimum atomic E-state index is 0.790. The summed E-state index contributed by atoms with van der Waals surface area (Å²) in [5.41, 5.74) is 3.67. The van der Waals surface area contributed by atoms with Crippen molar-refractivity contribution >= 4 is 5.96 Å². The quantitative estimate of drug-likeness (QED) is 0.565. The number of guanidine groups is 1. The summed E-state index contributed by atoms with van der Waals surface area (Å²) in [5.74, 6) is 2.62. The zero-order valence-corrected chi connectivity index (χ0v) is 16.1. The summed E-state index contributed by atoms with van der Waals surface area (Å²) >= 11 is 0. The van der Waals surface area contributed by atoms with E-state index in [1.807, 2.05) is 18.2 Å². The number of nitrogens with zero attached hydrogens (tertiary/aromatic N) is 1. The second-order valence-electron chi connectivity index (χ2n) is 6.09. The molecule has 2 N–H and O–H groups in total. The molecule has 0 bridgehead atoms. The van der Waals surface area contributed by atoms with Crippen molar-refractivity contribution < 1.29 is 9.47 Å². The largest absolute Gasteiger partial charge is 0.497 e. The first-order valence-electron chi connectivity index (χ1n) is 8.87. The molecule has 0 aliphatic rings. The SMILES string of the molecule is CN=C(NCCc1cccc(OC)c1)NCCc1cc(C)ccc1OC. The number of methoxy groups -OCH3 is 2. The summed E-state index contributed by atoms with van der Waals surface area (Å²) in [6, 6.07) is 14.4. The molecule has 0 aliphatic carbocycles. The lowest BCUT2D eigenvalue weighted by Crippen LogP contribution is -2.39. The molecule has 2 aromatic carbocycles. The van der Waals surface area contributed by atoms with Gasteiger partial charge in [-0.05, 0) is 49.1 Å². The smallest absolute Gasteiger partial charge is 0.190 e. The van der Waals surface area contributed by atoms with Gasteiger partial charge in [0.2, 0.25) is 0 Å². The average molecular weight is 355 g/mol. The molecule has 0 atom stereocenters. The van der Waals surface area contributed by atoms with Crippen molar-refractivity contribution in [1.29, 1.82) is 0 Å². The molecule has 0 spiro atoms. The molecule has 140 valence electrons. The zero-order chi connectivity index (χ0) is 18.8. The Labute approximate surface area is 156 Å². The lowest BCUT2D eigenvalue weighted by molar-refractivity contribution is 0.409. The third kappa shape index (κ3) is 5.99. The molecule has 0 amide bonds. The number of hydrogen-bond donors (Lipinski definition) is 2. The molecule has 0 aromatic heterocycles. The molecular weight excluding hydrogens is 326 g/mol. The van der Waals surface area contributed by atoms with E-state index >= 15 is 0 Å². The summed E-state index contributed by atoms with van der Waals surface area (Å²) < 4.78 is 10.7. The molecule has 2 rings (SSSR count). The fraction of sp³-hybridized carbons (Fsp3) is 0.381. The summed E-state index contributed by atoms with van der Waals surface area (Å²) in [6.07, 6.45) is 1.78. The summed E-state index contributed by atoms with van der Waals surface area (Å²) in [4.78, 5) is 4.28. The van der Waals surface area contributed by atoms with Gasteiger partial charge in [-0.25, -0.2) is 0 Å². The van der Waals surface area contributed by atoms with Crippen LogP contribution in [0.25, 0.3) is 0 Å². The van der Waals surface area contributed by atoms with Gasteiger partial charge in [0.25, 0.3) is 0 Å². The first-order chi connectivity index (χ1) is 12.7. The van der Waals surface area contributed by atoms with Crippen molar-refractivity contribution in [1.82, 2.24) is 10.6 Å². The van der Waals surface area contributed by atoms with Crippen molar-refractivity contribution in [2.75, 3.05) is 34.4 Å². The van der Waals surface area contributed by atoms with Crippen LogP contribution in [0.5, 0.6) is 11.5 Å². The molecule has 0 radical (unpaired) electrons. The van der Waals surface area contributed by atoms with Crippen molar-refractivity contribution in [3.8, 4) is 11.5 Å². The van der Waals surface area contributed by atoms with Gasteiger partial charge in [0.05, 0.1) is 14.2 Å². The van der Waals surface area contributed by atoms with Crippen LogP contribution in [0.1, 0.15) is 16.7 Å². The maximum atomic E-state index is 5.43. The average Bonchev–Trinajstić information content (AvgIpc) is 2.67. The molecule has 26 heavy (non-hydrogen) atoms. The van der Waals surface area contributed by atoms with Gasteiger partial charge >= 0.3 is 0 Å². The third-order valence-corrected chi connectivity index (χ3v) is 4.19. The molecule has 5 nitrogen and oxygen atoms in total. The van der Waals surface area contributed by atoms with E-state index < -0.39 is 0 Å². The number of rotatable bonds is 8. The molecule has 0 unspecified atom stereocenters. The summed E-state index contributed by atoms with van der Waals surface area (Å²) in [5, 5.41) is 6.70. The molecule has 0 fully saturated rings. The Morgan fingerprint density at radius 3 is 2.42 bits per heavy atom. The molecule has 0 heterocycles. The monoisotopic (exact) mass is 355 g/mol. The predicted molar refractivity (Wildman–Crippen MR) is 107 cm³/mol. The van der Waals surface area contributed by atoms with Gasteiger partial charge in [-0.2, -0.15) is 0 Å². The van der Waals surface area contributed by atoms with Gasteiger partial charge in [-0.15, -0.1) is 0 Å². The van der Waals surface area contributed by atoms with Crippen molar-refractivity contribution in [3.63, 3.8) is 0 Å². The normalized spacial score (nSPS) is 11.2. The number of nitrogens with one attached hydrogen (secondary N) is 2. The van der Waals surface area contributed by atoms with Crippen molar-refractivity contribution in [2.45, 2.75) is 19.8 Å². The Hall–Kier alpha value is -2.69. The van der Waals surface area contributed by atoms with E-state index in [0.717, 1.165) is 43.4 Å². The first-order valence-corrected chi connectivity index (χ1v) is 8.87. The van der Waals surface area contributed by atoms with Crippen molar-refractivity contribution in [2.24, 2.45) is 4.99 Å². The predicted octanol–water partition coefficient (Wildman–Crippen LogP) is 2.96. The standard InChI is InChI=1S/C21H29N3O2/c1-16-8-9-20(26-4)18(14-16)11-13-24-21(22-2)23-12-10-17-6-5-7-19(15-17)25-3/h5-9,14-15H,10-13H2,1-4H3,(H2,22,23,24). The van der Waals surface area contributed by atoms with E-state index in [4.69, 9.17) is 9.47 Å². The molecular formula is C21H29N3O2. The van der Waals surface area contributed by atoms with E-state index in [9.17, 15) is 0 Å². The first kappa shape index (κ1) is 19.6. The van der Waals surface area contributed by atoms with Crippen LogP contribution in [0.15, 0.2) is 47.5 Å². The fourth-order valence-electron chi connectivity index (χ4n) is 2.79. The Kier molecular flexibility index (Phi) is 7.80. The highest BCUT2D eigenvalue weighted by atomic mass is 16.5. The molecule has 0 aliphatic heterocycles. The van der Waals surface area contributed by atoms with E-state index in [1.54, 1.807) is 21.3 Å². The number of hydrogen-bond acceptors (Lipinski definition) is 3. The lowest BCUT2D eigenvalue weighted by Gasteiger charge is -2.14. The Balaban J connectivity index is 1.78. The maximum Gasteiger partial charge on any atom is 0.190 e. The van der Waals surface area contributed by atoms with E-state index in [1.165, 1.54) is 16.7 Å². The highest BCUT2D eigenvalue weighted by molar-refractivity contribution is 5.79. The van der Waals surface area contributed by atoms with Gasteiger partial charge in [-0.1, -0.05) is 29.8 Å². The Bertz CT molecular complexity index is 729. The zero-order valence-electron chi connectivity index (χ0n) is 16.1. The Morgan fingerprint density at radius 1 is 0.962 bits per heavy atom. The van der Waals surface area contributed by atoms with Crippen LogP contribution in [0.4, 0.5) is 0 Å². The number of ether oxygens (including phenoxy) is 2. The summed E-state index contributed by atoms with van der Waals surface area (Å²) in [7, 11) is 5.18. The fourth-order valence-corrected chi connectivity index (χ4v) is 2.79. The molecule has 0 saturated carbocycles. The van der Waals surface area contributed by atoms with Gasteiger partial charge in [0, 0.05) is 20.1 Å². The van der Waals surface area contributed by atoms with E-state index in [2.05, 4.69) is 46.8 Å². The van der Waals surface area contributed by atoms with E-state index in [0.29, 0.717) is 0 Å². The molecule has 5 heteroatoms. The number of aryl methyl sites for hydroxylation is 1. The second kappa shape index (κ2) is 10.3. The minimum absolute atomic E-state index is 0.790. The van der Waals surface area contributed by atoms with Crippen LogP contribution >= 0.6 is 0 Å². The van der Waals surface area contributed by atoms with Crippen LogP contribution in [0, 0.1) is 6.92 Å². The van der Waals surface area contributed by atoms with Crippen LogP contribution in [0.2, 0.25) is 0 Å². The number of aliphatic imine (C=N–C) groups is 1. The van der Waals surface area contributed by atoms with Crippen molar-refractivity contribution in [3.05, 3.63) is 59.2 Å². The van der Waals surface area contributed by atoms with Gasteiger partial charge in [-0.3, -0.25) is 4.99 Å². The van der Waals surface area contributed by atoms with Gasteiger partial charge in [0.15, 0.2) is 5.96 Å². The maximum absolute atomic E-state index is 5.43. The Morgan fingerprint density at radius 2 is 1.73 bits per heavy atom. The van der Waals surface area contributed by atoms with E-state index in [-0.39, 0.29) is 0 Å². The number of benzene rings is 2. The van der Waals surface area contributed by atoms with Gasteiger partial charge in [0.1, 0.15) is 11.5 Å². The minimum Gasteiger partial charge on any atom is -0.497 e. The van der Waals surface area contributed by atoms with Gasteiger partial charge < -0.3 is 20.1 Å². The highest BCUT2D eigenvalue weighted by Crippen LogP contribution is 2.19. The third-order valence-electron chi connectivity index (χ3n) is 4.19. The topological polar surface area (TPSA) is 54.9 Å². The highest BCUT2D eigenvalue weighted by Gasteiger charge is 2.04. The van der Waals surface area contributed by atoms with Crippen LogP contribution in [0.3, 0.4) is 0 Å². The second-order valence-corrected chi connectivity index (χ2v) is 6.09. The summed E-state index contributed by atoms with van der Waals surface area (Å²) in [6.45, 7) is 3.69.